The van der Waals surface area contributed by atoms with Gasteiger partial charge in [-0.2, -0.15) is 0 Å². The number of rotatable bonds is 8. The number of hydrogen-bond donors (Lipinski definition) is 4. The number of aliphatic hydroxyl groups is 4. The normalized spacial score (nSPS) is 31.7. The molecule has 0 aromatic heterocycles. The second-order valence-electron chi connectivity index (χ2n) is 5.77. The van der Waals surface area contributed by atoms with E-state index in [0.717, 1.165) is 0 Å². The van der Waals surface area contributed by atoms with E-state index < -0.39 is 61.4 Å². The lowest BCUT2D eigenvalue weighted by Gasteiger charge is -2.25. The van der Waals surface area contributed by atoms with Crippen LogP contribution in [0.4, 0.5) is 0 Å². The average Bonchev–Trinajstić information content (AvgIpc) is 3.17. The molecule has 9 heteroatoms. The summed E-state index contributed by atoms with van der Waals surface area (Å²) in [6, 6.07) is 0. The van der Waals surface area contributed by atoms with Crippen LogP contribution in [0.2, 0.25) is 0 Å². The Bertz CT molecular complexity index is 388. The van der Waals surface area contributed by atoms with Crippen LogP contribution in [-0.4, -0.2) is 83.2 Å². The van der Waals surface area contributed by atoms with Crippen LogP contribution in [-0.2, 0) is 23.8 Å². The number of hydrogen-bond acceptors (Lipinski definition) is 9. The van der Waals surface area contributed by atoms with Crippen LogP contribution in [0.1, 0.15) is 12.8 Å². The van der Waals surface area contributed by atoms with Gasteiger partial charge in [0.1, 0.15) is 25.4 Å². The maximum Gasteiger partial charge on any atom is 0.312 e. The summed E-state index contributed by atoms with van der Waals surface area (Å²) >= 11 is 0. The van der Waals surface area contributed by atoms with Crippen molar-refractivity contribution < 1.29 is 44.2 Å². The molecule has 4 N–H and O–H groups in total. The lowest BCUT2D eigenvalue weighted by molar-refractivity contribution is -0.164. The number of ether oxygens (including phenoxy) is 3. The van der Waals surface area contributed by atoms with E-state index in [-0.39, 0.29) is 13.2 Å². The van der Waals surface area contributed by atoms with Gasteiger partial charge < -0.3 is 34.6 Å². The van der Waals surface area contributed by atoms with Crippen LogP contribution in [0.15, 0.2) is 0 Å². The standard InChI is InChI=1S/C14H22O9/c15-3-7(17)5-21-13(19)11-9-1-2-10(23-9)12(11)14(20)22-6-8(18)4-16/h7-12,15-18H,1-6H2/t7?,8?,9-,10+,11-,12+. The SMILES string of the molecule is O=C(OCC(O)CO)[C@@H]1[C@H](C(=O)OCC(O)CO)[C@H]2CC[C@@H]1O2. The molecule has 2 heterocycles. The van der Waals surface area contributed by atoms with Crippen molar-refractivity contribution in [2.24, 2.45) is 11.8 Å². The molecular formula is C14H22O9. The van der Waals surface area contributed by atoms with Gasteiger partial charge in [-0.3, -0.25) is 9.59 Å². The molecule has 23 heavy (non-hydrogen) atoms. The minimum Gasteiger partial charge on any atom is -0.463 e. The van der Waals surface area contributed by atoms with E-state index in [0.29, 0.717) is 12.8 Å². The predicted molar refractivity (Wildman–Crippen MR) is 73.0 cm³/mol. The van der Waals surface area contributed by atoms with Gasteiger partial charge in [0, 0.05) is 0 Å². The van der Waals surface area contributed by atoms with Crippen molar-refractivity contribution in [2.45, 2.75) is 37.3 Å². The van der Waals surface area contributed by atoms with E-state index in [2.05, 4.69) is 0 Å². The Balaban J connectivity index is 1.96. The molecule has 2 rings (SSSR count). The van der Waals surface area contributed by atoms with Crippen LogP contribution in [0.3, 0.4) is 0 Å². The molecule has 2 aliphatic rings. The van der Waals surface area contributed by atoms with Crippen molar-refractivity contribution >= 4 is 11.9 Å². The van der Waals surface area contributed by atoms with Crippen molar-refractivity contribution in [1.82, 2.24) is 0 Å². The number of aliphatic hydroxyl groups excluding tert-OH is 4. The van der Waals surface area contributed by atoms with Crippen LogP contribution in [0.25, 0.3) is 0 Å². The molecule has 2 bridgehead atoms. The number of esters is 2. The zero-order valence-electron chi connectivity index (χ0n) is 12.5. The average molecular weight is 334 g/mol. The van der Waals surface area contributed by atoms with E-state index in [1.165, 1.54) is 0 Å². The zero-order valence-corrected chi connectivity index (χ0v) is 12.5. The van der Waals surface area contributed by atoms with Gasteiger partial charge in [0.25, 0.3) is 0 Å². The van der Waals surface area contributed by atoms with Crippen LogP contribution >= 0.6 is 0 Å². The third-order valence-electron chi connectivity index (χ3n) is 4.08. The molecule has 0 aliphatic carbocycles. The van der Waals surface area contributed by atoms with Gasteiger partial charge >= 0.3 is 11.9 Å². The maximum absolute atomic E-state index is 12.2. The van der Waals surface area contributed by atoms with E-state index in [1.54, 1.807) is 0 Å². The van der Waals surface area contributed by atoms with Crippen molar-refractivity contribution in [2.75, 3.05) is 26.4 Å². The van der Waals surface area contributed by atoms with Crippen LogP contribution in [0.5, 0.6) is 0 Å². The lowest BCUT2D eigenvalue weighted by atomic mass is 9.79. The second-order valence-corrected chi connectivity index (χ2v) is 5.77. The van der Waals surface area contributed by atoms with Crippen molar-refractivity contribution in [3.8, 4) is 0 Å². The van der Waals surface area contributed by atoms with Crippen molar-refractivity contribution in [3.05, 3.63) is 0 Å². The molecule has 2 unspecified atom stereocenters. The number of carbonyl (C=O) groups excluding carboxylic acids is 2. The number of carbonyl (C=O) groups is 2. The molecule has 0 amide bonds. The third-order valence-corrected chi connectivity index (χ3v) is 4.08. The third kappa shape index (κ3) is 4.18. The Hall–Kier alpha value is -1.26. The van der Waals surface area contributed by atoms with Crippen LogP contribution < -0.4 is 0 Å². The second kappa shape index (κ2) is 8.02. The monoisotopic (exact) mass is 334 g/mol. The zero-order chi connectivity index (χ0) is 17.0. The first-order chi connectivity index (χ1) is 11.0. The molecule has 0 aromatic rings. The maximum atomic E-state index is 12.2. The van der Waals surface area contributed by atoms with Crippen molar-refractivity contribution in [3.63, 3.8) is 0 Å². The van der Waals surface area contributed by atoms with Gasteiger partial charge in [-0.1, -0.05) is 0 Å². The van der Waals surface area contributed by atoms with Gasteiger partial charge in [-0.25, -0.2) is 0 Å². The fourth-order valence-corrected chi connectivity index (χ4v) is 2.93. The molecule has 2 fully saturated rings. The van der Waals surface area contributed by atoms with Gasteiger partial charge in [-0.15, -0.1) is 0 Å². The fraction of sp³-hybridized carbons (Fsp3) is 0.857. The summed E-state index contributed by atoms with van der Waals surface area (Å²) in [5, 5.41) is 35.9. The largest absolute Gasteiger partial charge is 0.463 e. The molecule has 0 aromatic carbocycles. The summed E-state index contributed by atoms with van der Waals surface area (Å²) in [5.41, 5.74) is 0. The highest BCUT2D eigenvalue weighted by molar-refractivity contribution is 5.84. The van der Waals surface area contributed by atoms with Gasteiger partial charge in [0.05, 0.1) is 37.3 Å². The minimum atomic E-state index is -1.18. The molecule has 9 nitrogen and oxygen atoms in total. The highest BCUT2D eigenvalue weighted by atomic mass is 16.6. The summed E-state index contributed by atoms with van der Waals surface area (Å²) in [6.07, 6.45) is -2.00. The molecular weight excluding hydrogens is 312 g/mol. The summed E-state index contributed by atoms with van der Waals surface area (Å²) in [7, 11) is 0. The Morgan fingerprint density at radius 1 is 0.913 bits per heavy atom. The molecule has 6 atom stereocenters. The molecule has 0 spiro atoms. The summed E-state index contributed by atoms with van der Waals surface area (Å²) in [5.74, 6) is -3.04. The summed E-state index contributed by atoms with van der Waals surface area (Å²) < 4.78 is 15.4. The minimum absolute atomic E-state index is 0.367. The van der Waals surface area contributed by atoms with E-state index in [1.807, 2.05) is 0 Å². The Morgan fingerprint density at radius 2 is 1.30 bits per heavy atom. The Kier molecular flexibility index (Phi) is 6.31. The Morgan fingerprint density at radius 3 is 1.65 bits per heavy atom. The molecule has 2 saturated heterocycles. The van der Waals surface area contributed by atoms with Gasteiger partial charge in [-0.05, 0) is 12.8 Å². The highest BCUT2D eigenvalue weighted by Crippen LogP contribution is 2.44. The molecule has 0 saturated carbocycles. The molecule has 132 valence electrons. The van der Waals surface area contributed by atoms with Crippen molar-refractivity contribution in [1.29, 1.82) is 0 Å². The van der Waals surface area contributed by atoms with E-state index >= 15 is 0 Å². The van der Waals surface area contributed by atoms with E-state index in [4.69, 9.17) is 24.4 Å². The Labute approximate surface area is 132 Å². The fourth-order valence-electron chi connectivity index (χ4n) is 2.93. The van der Waals surface area contributed by atoms with Gasteiger partial charge in [0.2, 0.25) is 0 Å². The summed E-state index contributed by atoms with van der Waals surface area (Å²) in [6.45, 7) is -1.81. The topological polar surface area (TPSA) is 143 Å². The van der Waals surface area contributed by atoms with Crippen LogP contribution in [0, 0.1) is 11.8 Å². The van der Waals surface area contributed by atoms with E-state index in [9.17, 15) is 19.8 Å². The first-order valence-corrected chi connectivity index (χ1v) is 7.54. The quantitative estimate of drug-likeness (QED) is 0.356. The smallest absolute Gasteiger partial charge is 0.312 e. The predicted octanol–water partition coefficient (Wildman–Crippen LogP) is -2.43. The molecule has 0 radical (unpaired) electrons. The molecule has 2 aliphatic heterocycles. The van der Waals surface area contributed by atoms with Gasteiger partial charge in [0.15, 0.2) is 0 Å². The highest BCUT2D eigenvalue weighted by Gasteiger charge is 2.56. The lowest BCUT2D eigenvalue weighted by Crippen LogP contribution is -2.41. The first-order valence-electron chi connectivity index (χ1n) is 7.54. The summed E-state index contributed by atoms with van der Waals surface area (Å²) in [4.78, 5) is 24.3. The first kappa shape index (κ1) is 18.1. The number of fused-ring (bicyclic) bond motifs is 2.